The van der Waals surface area contributed by atoms with Crippen molar-refractivity contribution >= 4 is 43.4 Å². The lowest BCUT2D eigenvalue weighted by Crippen LogP contribution is -2.30. The first-order valence-corrected chi connectivity index (χ1v) is 14.8. The summed E-state index contributed by atoms with van der Waals surface area (Å²) < 4.78 is 31.8. The van der Waals surface area contributed by atoms with Gasteiger partial charge < -0.3 is 0 Å². The molecule has 0 N–H and O–H groups in total. The van der Waals surface area contributed by atoms with Crippen molar-refractivity contribution in [2.24, 2.45) is 0 Å². The molecule has 39 heavy (non-hydrogen) atoms. The number of hydrogen-bond donors (Lipinski definition) is 0. The number of thiazole rings is 1. The molecule has 0 aliphatic rings. The number of rotatable bonds is 7. The lowest BCUT2D eigenvalue weighted by molar-refractivity contribution is 0.445. The number of imidazole rings is 1. The Kier molecular flexibility index (Phi) is 6.38. The molecule has 0 radical (unpaired) electrons. The van der Waals surface area contributed by atoms with Gasteiger partial charge in [0, 0.05) is 30.4 Å². The molecule has 3 aromatic heterocycles. The molecule has 0 saturated carbocycles. The summed E-state index contributed by atoms with van der Waals surface area (Å²) in [6.07, 6.45) is 3.67. The molecule has 6 rings (SSSR count). The van der Waals surface area contributed by atoms with E-state index in [1.54, 1.807) is 27.3 Å². The topological polar surface area (TPSA) is 89.6 Å². The second-order valence-electron chi connectivity index (χ2n) is 8.96. The van der Waals surface area contributed by atoms with Gasteiger partial charge in [-0.15, -0.1) is 0 Å². The van der Waals surface area contributed by atoms with Crippen LogP contribution < -0.4 is 10.1 Å². The van der Waals surface area contributed by atoms with E-state index in [1.807, 2.05) is 86.8 Å². The van der Waals surface area contributed by atoms with Crippen molar-refractivity contribution in [2.75, 3.05) is 13.1 Å². The SMILES string of the molecule is CCN(CC)S(=O)(=O)c1cccc(-c2nn(-c3ccccc3)cc2C=c2sc3nc4ccccc4n3c2=O)c1. The summed E-state index contributed by atoms with van der Waals surface area (Å²) in [6, 6.07) is 24.0. The van der Waals surface area contributed by atoms with Crippen LogP contribution >= 0.6 is 11.3 Å². The highest BCUT2D eigenvalue weighted by Gasteiger charge is 2.23. The van der Waals surface area contributed by atoms with Gasteiger partial charge in [-0.05, 0) is 42.5 Å². The normalized spacial score (nSPS) is 12.7. The molecule has 0 atom stereocenters. The Labute approximate surface area is 229 Å². The van der Waals surface area contributed by atoms with Crippen LogP contribution in [0.25, 0.3) is 39.0 Å². The Hall–Kier alpha value is -4.12. The first-order valence-electron chi connectivity index (χ1n) is 12.6. The summed E-state index contributed by atoms with van der Waals surface area (Å²) in [6.45, 7) is 4.40. The molecule has 0 amide bonds. The Bertz CT molecular complexity index is 2040. The van der Waals surface area contributed by atoms with Crippen molar-refractivity contribution in [3.63, 3.8) is 0 Å². The maximum Gasteiger partial charge on any atom is 0.274 e. The molecule has 3 aromatic carbocycles. The number of fused-ring (bicyclic) bond motifs is 3. The van der Waals surface area contributed by atoms with Crippen LogP contribution in [-0.2, 0) is 10.0 Å². The van der Waals surface area contributed by atoms with Crippen LogP contribution in [0.1, 0.15) is 19.4 Å². The van der Waals surface area contributed by atoms with Crippen LogP contribution in [0.2, 0.25) is 0 Å². The van der Waals surface area contributed by atoms with Crippen molar-refractivity contribution in [3.8, 4) is 16.9 Å². The lowest BCUT2D eigenvalue weighted by atomic mass is 10.1. The molecule has 3 heterocycles. The van der Waals surface area contributed by atoms with Gasteiger partial charge >= 0.3 is 0 Å². The number of hydrogen-bond acceptors (Lipinski definition) is 6. The van der Waals surface area contributed by atoms with Gasteiger partial charge in [0.15, 0.2) is 4.96 Å². The van der Waals surface area contributed by atoms with E-state index in [2.05, 4.69) is 4.98 Å². The Morgan fingerprint density at radius 3 is 2.46 bits per heavy atom. The molecule has 0 bridgehead atoms. The van der Waals surface area contributed by atoms with Crippen molar-refractivity contribution in [1.29, 1.82) is 0 Å². The van der Waals surface area contributed by atoms with Crippen molar-refractivity contribution in [2.45, 2.75) is 18.7 Å². The van der Waals surface area contributed by atoms with Gasteiger partial charge in [-0.25, -0.2) is 22.5 Å². The molecule has 0 aliphatic carbocycles. The first kappa shape index (κ1) is 25.2. The maximum absolute atomic E-state index is 13.4. The van der Waals surface area contributed by atoms with Crippen LogP contribution in [0.15, 0.2) is 94.7 Å². The standard InChI is InChI=1S/C29H25N5O3S2/c1-3-32(4-2)39(36,37)23-14-10-11-20(17-23)27-21(19-33(31-27)22-12-6-5-7-13-22)18-26-28(35)34-25-16-9-8-15-24(25)30-29(34)38-26/h5-19H,3-4H2,1-2H3. The van der Waals surface area contributed by atoms with Crippen molar-refractivity contribution < 1.29 is 8.42 Å². The predicted molar refractivity (Wildman–Crippen MR) is 155 cm³/mol. The highest BCUT2D eigenvalue weighted by molar-refractivity contribution is 7.89. The van der Waals surface area contributed by atoms with Gasteiger partial charge in [-0.2, -0.15) is 9.40 Å². The largest absolute Gasteiger partial charge is 0.274 e. The van der Waals surface area contributed by atoms with Crippen LogP contribution in [0.5, 0.6) is 0 Å². The molecule has 196 valence electrons. The van der Waals surface area contributed by atoms with E-state index in [9.17, 15) is 13.2 Å². The molecule has 0 unspecified atom stereocenters. The van der Waals surface area contributed by atoms with Crippen LogP contribution in [0, 0.1) is 0 Å². The molecule has 0 spiro atoms. The van der Waals surface area contributed by atoms with Gasteiger partial charge in [-0.1, -0.05) is 67.6 Å². The van der Waals surface area contributed by atoms with Gasteiger partial charge in [-0.3, -0.25) is 4.79 Å². The molecule has 0 saturated heterocycles. The van der Waals surface area contributed by atoms with Crippen LogP contribution in [0.4, 0.5) is 0 Å². The van der Waals surface area contributed by atoms with E-state index in [-0.39, 0.29) is 10.5 Å². The summed E-state index contributed by atoms with van der Waals surface area (Å²) in [5, 5.41) is 4.83. The van der Waals surface area contributed by atoms with Crippen LogP contribution in [-0.4, -0.2) is 45.0 Å². The summed E-state index contributed by atoms with van der Waals surface area (Å²) in [5.41, 5.74) is 4.15. The number of para-hydroxylation sites is 3. The monoisotopic (exact) mass is 555 g/mol. The number of nitrogens with zero attached hydrogens (tertiary/aromatic N) is 5. The second-order valence-corrected chi connectivity index (χ2v) is 11.9. The fraction of sp³-hybridized carbons (Fsp3) is 0.138. The Morgan fingerprint density at radius 2 is 1.69 bits per heavy atom. The second kappa shape index (κ2) is 9.88. The van der Waals surface area contributed by atoms with E-state index in [1.165, 1.54) is 15.6 Å². The molecule has 0 aliphatic heterocycles. The third-order valence-corrected chi connectivity index (χ3v) is 9.66. The molecule has 10 heteroatoms. The van der Waals surface area contributed by atoms with E-state index in [0.29, 0.717) is 39.4 Å². The first-order chi connectivity index (χ1) is 18.9. The number of sulfonamides is 1. The van der Waals surface area contributed by atoms with E-state index >= 15 is 0 Å². The zero-order chi connectivity index (χ0) is 27.1. The lowest BCUT2D eigenvalue weighted by Gasteiger charge is -2.18. The number of benzene rings is 3. The van der Waals surface area contributed by atoms with Crippen molar-refractivity contribution in [1.82, 2.24) is 23.5 Å². The fourth-order valence-corrected chi connectivity index (χ4v) is 7.18. The van der Waals surface area contributed by atoms with Gasteiger partial charge in [0.1, 0.15) is 5.69 Å². The van der Waals surface area contributed by atoms with Gasteiger partial charge in [0.2, 0.25) is 10.0 Å². The average Bonchev–Trinajstić information content (AvgIpc) is 3.63. The van der Waals surface area contributed by atoms with Gasteiger partial charge in [0.25, 0.3) is 5.56 Å². The third kappa shape index (κ3) is 4.36. The zero-order valence-electron chi connectivity index (χ0n) is 21.4. The summed E-state index contributed by atoms with van der Waals surface area (Å²) in [4.78, 5) is 18.9. The summed E-state index contributed by atoms with van der Waals surface area (Å²) in [5.74, 6) is 0. The Balaban J connectivity index is 1.55. The quantitative estimate of drug-likeness (QED) is 0.292. The number of aromatic nitrogens is 4. The minimum absolute atomic E-state index is 0.153. The summed E-state index contributed by atoms with van der Waals surface area (Å²) in [7, 11) is -3.66. The highest BCUT2D eigenvalue weighted by atomic mass is 32.2. The van der Waals surface area contributed by atoms with E-state index < -0.39 is 10.0 Å². The summed E-state index contributed by atoms with van der Waals surface area (Å²) >= 11 is 1.31. The minimum atomic E-state index is -3.66. The van der Waals surface area contributed by atoms with E-state index in [4.69, 9.17) is 5.10 Å². The average molecular weight is 556 g/mol. The van der Waals surface area contributed by atoms with Gasteiger partial charge in [0.05, 0.1) is 26.1 Å². The third-order valence-electron chi connectivity index (χ3n) is 6.65. The smallest absolute Gasteiger partial charge is 0.267 e. The van der Waals surface area contributed by atoms with E-state index in [0.717, 1.165) is 16.7 Å². The fourth-order valence-electron chi connectivity index (χ4n) is 4.70. The molecule has 0 fully saturated rings. The zero-order valence-corrected chi connectivity index (χ0v) is 23.0. The molecular formula is C29H25N5O3S2. The van der Waals surface area contributed by atoms with Crippen LogP contribution in [0.3, 0.4) is 0 Å². The highest BCUT2D eigenvalue weighted by Crippen LogP contribution is 2.28. The van der Waals surface area contributed by atoms with Crippen molar-refractivity contribution in [3.05, 3.63) is 106 Å². The molecule has 8 nitrogen and oxygen atoms in total. The molecule has 6 aromatic rings. The maximum atomic E-state index is 13.4. The Morgan fingerprint density at radius 1 is 0.949 bits per heavy atom. The predicted octanol–water partition coefficient (Wildman–Crippen LogP) is 4.34. The minimum Gasteiger partial charge on any atom is -0.267 e. The molecular weight excluding hydrogens is 530 g/mol.